The van der Waals surface area contributed by atoms with Gasteiger partial charge in [-0.2, -0.15) is 0 Å². The maximum absolute atomic E-state index is 11.4. The summed E-state index contributed by atoms with van der Waals surface area (Å²) in [6.07, 6.45) is 1.87. The quantitative estimate of drug-likeness (QED) is 0.695. The van der Waals surface area contributed by atoms with Gasteiger partial charge >= 0.3 is 13.6 Å². The van der Waals surface area contributed by atoms with Crippen LogP contribution in [0.1, 0.15) is 24.8 Å². The van der Waals surface area contributed by atoms with Crippen LogP contribution in [0.3, 0.4) is 0 Å². The predicted octanol–water partition coefficient (Wildman–Crippen LogP) is 0.724. The number of carbonyl (C=O) groups is 1. The lowest BCUT2D eigenvalue weighted by molar-refractivity contribution is -0.138. The summed E-state index contributed by atoms with van der Waals surface area (Å²) in [7, 11) is -3.32. The number of hydrogen-bond donors (Lipinski definition) is 3. The Balaban J connectivity index is 2.68. The van der Waals surface area contributed by atoms with Gasteiger partial charge in [-0.1, -0.05) is 13.0 Å². The van der Waals surface area contributed by atoms with Crippen LogP contribution < -0.4 is 10.2 Å². The summed E-state index contributed by atoms with van der Waals surface area (Å²) in [5.74, 6) is -1.77. The molecule has 0 aromatic carbocycles. The van der Waals surface area contributed by atoms with Gasteiger partial charge in [-0.15, -0.1) is 0 Å². The molecular formula is C12H15N2O6P. The molecule has 0 aliphatic carbocycles. The first-order valence-electron chi connectivity index (χ1n) is 6.14. The van der Waals surface area contributed by atoms with Crippen molar-refractivity contribution < 1.29 is 29.0 Å². The molecule has 0 radical (unpaired) electrons. The SMILES string of the molecule is CCC(C(=O)O)c1ccc2nc(P(=O)(O)O)c(OC)n2c1. The molecule has 0 saturated carbocycles. The Morgan fingerprint density at radius 2 is 2.14 bits per heavy atom. The number of aliphatic carboxylic acids is 1. The lowest BCUT2D eigenvalue weighted by Crippen LogP contribution is -2.11. The van der Waals surface area contributed by atoms with Crippen LogP contribution in [0, 0.1) is 0 Å². The number of nitrogens with zero attached hydrogens (tertiary/aromatic N) is 2. The maximum atomic E-state index is 11.4. The Kier molecular flexibility index (Phi) is 4.04. The van der Waals surface area contributed by atoms with Gasteiger partial charge in [0.05, 0.1) is 13.0 Å². The van der Waals surface area contributed by atoms with Gasteiger partial charge in [0.1, 0.15) is 5.65 Å². The summed E-state index contributed by atoms with van der Waals surface area (Å²) >= 11 is 0. The lowest BCUT2D eigenvalue weighted by Gasteiger charge is -2.11. The second-order valence-corrected chi connectivity index (χ2v) is 5.99. The van der Waals surface area contributed by atoms with E-state index in [2.05, 4.69) is 4.98 Å². The summed E-state index contributed by atoms with van der Waals surface area (Å²) in [5.41, 5.74) is 0.310. The number of methoxy groups -OCH3 is 1. The molecule has 1 atom stereocenters. The molecule has 3 N–H and O–H groups in total. The van der Waals surface area contributed by atoms with Gasteiger partial charge in [-0.25, -0.2) is 4.98 Å². The van der Waals surface area contributed by atoms with E-state index >= 15 is 0 Å². The molecule has 0 spiro atoms. The van der Waals surface area contributed by atoms with E-state index in [0.717, 1.165) is 0 Å². The fourth-order valence-electron chi connectivity index (χ4n) is 2.17. The number of pyridine rings is 1. The van der Waals surface area contributed by atoms with Crippen LogP contribution in [0.15, 0.2) is 18.3 Å². The van der Waals surface area contributed by atoms with Crippen molar-refractivity contribution in [2.75, 3.05) is 7.11 Å². The molecular weight excluding hydrogens is 299 g/mol. The summed E-state index contributed by atoms with van der Waals surface area (Å²) in [6.45, 7) is 1.75. The zero-order valence-electron chi connectivity index (χ0n) is 11.4. The van der Waals surface area contributed by atoms with Crippen LogP contribution in [0.25, 0.3) is 5.65 Å². The van der Waals surface area contributed by atoms with Gasteiger partial charge in [0.15, 0.2) is 0 Å². The Hall–Kier alpha value is -1.89. The van der Waals surface area contributed by atoms with Crippen LogP contribution in [0.4, 0.5) is 0 Å². The number of carboxylic acids is 1. The number of rotatable bonds is 5. The second kappa shape index (κ2) is 5.48. The third-order valence-electron chi connectivity index (χ3n) is 3.16. The first-order valence-corrected chi connectivity index (χ1v) is 7.75. The van der Waals surface area contributed by atoms with Crippen molar-refractivity contribution >= 4 is 24.6 Å². The largest absolute Gasteiger partial charge is 0.481 e. The topological polar surface area (TPSA) is 121 Å². The lowest BCUT2D eigenvalue weighted by atomic mass is 9.98. The first-order chi connectivity index (χ1) is 9.79. The third-order valence-corrected chi connectivity index (χ3v) is 4.00. The summed E-state index contributed by atoms with van der Waals surface area (Å²) in [6, 6.07) is 3.08. The van der Waals surface area contributed by atoms with Gasteiger partial charge < -0.3 is 19.6 Å². The molecule has 1 unspecified atom stereocenters. The van der Waals surface area contributed by atoms with Crippen molar-refractivity contribution in [2.45, 2.75) is 19.3 Å². The smallest absolute Gasteiger partial charge is 0.380 e. The fraction of sp³-hybridized carbons (Fsp3) is 0.333. The summed E-state index contributed by atoms with van der Waals surface area (Å²) in [5, 5.41) is 9.18. The van der Waals surface area contributed by atoms with Gasteiger partial charge in [0.25, 0.3) is 0 Å². The molecule has 0 saturated heterocycles. The first kappa shape index (κ1) is 15.5. The van der Waals surface area contributed by atoms with E-state index in [1.165, 1.54) is 23.8 Å². The summed E-state index contributed by atoms with van der Waals surface area (Å²) < 4.78 is 17.8. The minimum Gasteiger partial charge on any atom is -0.481 e. The normalized spacial score (nSPS) is 13.3. The number of ether oxygens (including phenoxy) is 1. The molecule has 8 nitrogen and oxygen atoms in total. The van der Waals surface area contributed by atoms with Gasteiger partial charge in [-0.05, 0) is 18.1 Å². The molecule has 0 aliphatic heterocycles. The fourth-order valence-corrected chi connectivity index (χ4v) is 2.85. The molecule has 9 heteroatoms. The highest BCUT2D eigenvalue weighted by atomic mass is 31.2. The van der Waals surface area contributed by atoms with Crippen molar-refractivity contribution in [1.82, 2.24) is 9.38 Å². The average Bonchev–Trinajstić information content (AvgIpc) is 2.77. The number of imidazole rings is 1. The van der Waals surface area contributed by atoms with Crippen molar-refractivity contribution in [3.05, 3.63) is 23.9 Å². The van der Waals surface area contributed by atoms with Crippen LogP contribution in [-0.2, 0) is 9.36 Å². The van der Waals surface area contributed by atoms with Crippen LogP contribution >= 0.6 is 7.60 Å². The van der Waals surface area contributed by atoms with E-state index in [1.54, 1.807) is 13.0 Å². The Bertz CT molecular complexity index is 735. The highest BCUT2D eigenvalue weighted by Gasteiger charge is 2.29. The standard InChI is InChI=1S/C12H15N2O6P/c1-3-8(12(15)16)7-4-5-9-13-10(21(17,18)19)11(20-2)14(9)6-7/h4-6,8H,3H2,1-2H3,(H,15,16)(H2,17,18,19). The molecule has 2 heterocycles. The highest BCUT2D eigenvalue weighted by molar-refractivity contribution is 7.60. The molecule has 114 valence electrons. The van der Waals surface area contributed by atoms with Crippen LogP contribution in [0.2, 0.25) is 0 Å². The van der Waals surface area contributed by atoms with E-state index < -0.39 is 24.9 Å². The van der Waals surface area contributed by atoms with Crippen molar-refractivity contribution in [1.29, 1.82) is 0 Å². The van der Waals surface area contributed by atoms with Gasteiger partial charge in [-0.3, -0.25) is 13.8 Å². The predicted molar refractivity (Wildman–Crippen MR) is 74.1 cm³/mol. The van der Waals surface area contributed by atoms with E-state index in [9.17, 15) is 24.3 Å². The highest BCUT2D eigenvalue weighted by Crippen LogP contribution is 2.37. The monoisotopic (exact) mass is 314 g/mol. The zero-order valence-corrected chi connectivity index (χ0v) is 12.3. The van der Waals surface area contributed by atoms with Gasteiger partial charge in [0.2, 0.25) is 11.3 Å². The molecule has 0 aliphatic rings. The number of hydrogen-bond acceptors (Lipinski definition) is 4. The molecule has 2 aromatic heterocycles. The van der Waals surface area contributed by atoms with E-state index in [4.69, 9.17) is 4.74 Å². The van der Waals surface area contributed by atoms with E-state index in [1.807, 2.05) is 0 Å². The van der Waals surface area contributed by atoms with E-state index in [-0.39, 0.29) is 11.5 Å². The Morgan fingerprint density at radius 1 is 1.48 bits per heavy atom. The number of aromatic nitrogens is 2. The summed E-state index contributed by atoms with van der Waals surface area (Å²) in [4.78, 5) is 33.6. The Morgan fingerprint density at radius 3 is 2.62 bits per heavy atom. The van der Waals surface area contributed by atoms with Crippen molar-refractivity contribution in [3.8, 4) is 5.88 Å². The molecule has 2 aromatic rings. The average molecular weight is 314 g/mol. The number of carboxylic acid groups (broad SMARTS) is 1. The van der Waals surface area contributed by atoms with Crippen molar-refractivity contribution in [2.24, 2.45) is 0 Å². The van der Waals surface area contributed by atoms with E-state index in [0.29, 0.717) is 12.0 Å². The van der Waals surface area contributed by atoms with Crippen LogP contribution in [-0.4, -0.2) is 37.4 Å². The minimum atomic E-state index is -4.58. The Labute approximate surface area is 120 Å². The molecule has 21 heavy (non-hydrogen) atoms. The number of fused-ring (bicyclic) bond motifs is 1. The van der Waals surface area contributed by atoms with Gasteiger partial charge in [0, 0.05) is 6.20 Å². The second-order valence-electron chi connectivity index (χ2n) is 4.48. The minimum absolute atomic E-state index is 0.0968. The molecule has 0 amide bonds. The zero-order chi connectivity index (χ0) is 15.8. The van der Waals surface area contributed by atoms with Crippen LogP contribution in [0.5, 0.6) is 5.88 Å². The van der Waals surface area contributed by atoms with Crippen molar-refractivity contribution in [3.63, 3.8) is 0 Å². The maximum Gasteiger partial charge on any atom is 0.380 e. The third kappa shape index (κ3) is 2.78. The molecule has 2 rings (SSSR count). The molecule has 0 bridgehead atoms. The molecule has 0 fully saturated rings.